The maximum absolute atomic E-state index is 5.41. The van der Waals surface area contributed by atoms with Gasteiger partial charge in [0.25, 0.3) is 0 Å². The first-order valence-corrected chi connectivity index (χ1v) is 5.54. The third-order valence-electron chi connectivity index (χ3n) is 2.36. The third kappa shape index (κ3) is 3.97. The summed E-state index contributed by atoms with van der Waals surface area (Å²) in [5, 5.41) is 3.94. The van der Waals surface area contributed by atoms with Crippen molar-refractivity contribution in [2.75, 3.05) is 19.6 Å². The highest BCUT2D eigenvalue weighted by Crippen LogP contribution is 2.03. The van der Waals surface area contributed by atoms with Gasteiger partial charge < -0.3 is 10.3 Å². The Balaban J connectivity index is 2.44. The van der Waals surface area contributed by atoms with Gasteiger partial charge in [-0.3, -0.25) is 4.90 Å². The number of hydrogen-bond acceptors (Lipinski definition) is 5. The lowest BCUT2D eigenvalue weighted by molar-refractivity contribution is 0.280. The first-order valence-electron chi connectivity index (χ1n) is 5.54. The van der Waals surface area contributed by atoms with Crippen LogP contribution in [0.5, 0.6) is 0 Å². The summed E-state index contributed by atoms with van der Waals surface area (Å²) in [5.41, 5.74) is 5.41. The van der Waals surface area contributed by atoms with Gasteiger partial charge in [0.15, 0.2) is 5.82 Å². The molecule has 0 bridgehead atoms. The second-order valence-corrected chi connectivity index (χ2v) is 3.46. The standard InChI is InChI=1S/C10H20N4O/c1-3-14(4-2)8-9-12-10(15-13-9)6-5-7-11/h3-8,11H2,1-2H3. The van der Waals surface area contributed by atoms with Crippen LogP contribution in [0.1, 0.15) is 32.0 Å². The van der Waals surface area contributed by atoms with Gasteiger partial charge in [-0.15, -0.1) is 0 Å². The Bertz CT molecular complexity index is 270. The summed E-state index contributed by atoms with van der Waals surface area (Å²) >= 11 is 0. The molecule has 86 valence electrons. The summed E-state index contributed by atoms with van der Waals surface area (Å²) < 4.78 is 5.11. The monoisotopic (exact) mass is 212 g/mol. The van der Waals surface area contributed by atoms with Crippen LogP contribution in [-0.4, -0.2) is 34.7 Å². The predicted molar refractivity (Wildman–Crippen MR) is 58.3 cm³/mol. The lowest BCUT2D eigenvalue weighted by Crippen LogP contribution is -2.22. The van der Waals surface area contributed by atoms with Crippen LogP contribution in [0.2, 0.25) is 0 Å². The van der Waals surface area contributed by atoms with Gasteiger partial charge in [0.2, 0.25) is 5.89 Å². The fraction of sp³-hybridized carbons (Fsp3) is 0.800. The van der Waals surface area contributed by atoms with Crippen LogP contribution in [0, 0.1) is 0 Å². The molecule has 1 aromatic heterocycles. The molecule has 15 heavy (non-hydrogen) atoms. The van der Waals surface area contributed by atoms with Crippen LogP contribution in [-0.2, 0) is 13.0 Å². The molecule has 0 spiro atoms. The Labute approximate surface area is 90.6 Å². The molecule has 5 nitrogen and oxygen atoms in total. The molecule has 0 aliphatic rings. The molecule has 0 unspecified atom stereocenters. The first kappa shape index (κ1) is 12.1. The van der Waals surface area contributed by atoms with Crippen LogP contribution in [0.4, 0.5) is 0 Å². The molecule has 1 aromatic rings. The van der Waals surface area contributed by atoms with Gasteiger partial charge in [0.05, 0.1) is 6.54 Å². The Kier molecular flexibility index (Phi) is 5.28. The Morgan fingerprint density at radius 3 is 2.67 bits per heavy atom. The van der Waals surface area contributed by atoms with Gasteiger partial charge in [0, 0.05) is 6.42 Å². The maximum atomic E-state index is 5.41. The molecular formula is C10H20N4O. The molecule has 0 aliphatic heterocycles. The van der Waals surface area contributed by atoms with Gasteiger partial charge in [-0.2, -0.15) is 4.98 Å². The number of rotatable bonds is 7. The Morgan fingerprint density at radius 1 is 1.33 bits per heavy atom. The van der Waals surface area contributed by atoms with E-state index in [1.54, 1.807) is 0 Å². The lowest BCUT2D eigenvalue weighted by atomic mass is 10.3. The van der Waals surface area contributed by atoms with Crippen molar-refractivity contribution in [2.45, 2.75) is 33.2 Å². The highest BCUT2D eigenvalue weighted by atomic mass is 16.5. The number of hydrogen-bond donors (Lipinski definition) is 1. The second-order valence-electron chi connectivity index (χ2n) is 3.46. The first-order chi connectivity index (χ1) is 7.30. The Hall–Kier alpha value is -0.940. The molecule has 2 N–H and O–H groups in total. The van der Waals surface area contributed by atoms with Gasteiger partial charge >= 0.3 is 0 Å². The van der Waals surface area contributed by atoms with E-state index >= 15 is 0 Å². The molecule has 0 amide bonds. The minimum atomic E-state index is 0.660. The van der Waals surface area contributed by atoms with Gasteiger partial charge in [-0.25, -0.2) is 0 Å². The largest absolute Gasteiger partial charge is 0.339 e. The minimum absolute atomic E-state index is 0.660. The topological polar surface area (TPSA) is 68.2 Å². The van der Waals surface area contributed by atoms with Crippen molar-refractivity contribution in [3.8, 4) is 0 Å². The zero-order chi connectivity index (χ0) is 11.1. The van der Waals surface area contributed by atoms with E-state index in [1.165, 1.54) is 0 Å². The summed E-state index contributed by atoms with van der Waals surface area (Å²) in [5.74, 6) is 1.47. The van der Waals surface area contributed by atoms with E-state index in [4.69, 9.17) is 10.3 Å². The predicted octanol–water partition coefficient (Wildman–Crippen LogP) is 0.803. The third-order valence-corrected chi connectivity index (χ3v) is 2.36. The maximum Gasteiger partial charge on any atom is 0.226 e. The van der Waals surface area contributed by atoms with Crippen molar-refractivity contribution in [3.63, 3.8) is 0 Å². The molecule has 5 heteroatoms. The highest BCUT2D eigenvalue weighted by molar-refractivity contribution is 4.86. The van der Waals surface area contributed by atoms with Crippen molar-refractivity contribution < 1.29 is 4.52 Å². The van der Waals surface area contributed by atoms with Crippen LogP contribution >= 0.6 is 0 Å². The number of nitrogens with two attached hydrogens (primary N) is 1. The molecule has 0 radical (unpaired) electrons. The van der Waals surface area contributed by atoms with E-state index in [-0.39, 0.29) is 0 Å². The summed E-state index contributed by atoms with van der Waals surface area (Å²) in [6.45, 7) is 7.68. The van der Waals surface area contributed by atoms with Crippen LogP contribution in [0.3, 0.4) is 0 Å². The van der Waals surface area contributed by atoms with E-state index < -0.39 is 0 Å². The fourth-order valence-corrected chi connectivity index (χ4v) is 1.36. The second kappa shape index (κ2) is 6.53. The SMILES string of the molecule is CCN(CC)Cc1noc(CCCN)n1. The minimum Gasteiger partial charge on any atom is -0.339 e. The number of aromatic nitrogens is 2. The zero-order valence-electron chi connectivity index (χ0n) is 9.57. The van der Waals surface area contributed by atoms with Crippen LogP contribution < -0.4 is 5.73 Å². The average molecular weight is 212 g/mol. The number of nitrogens with zero attached hydrogens (tertiary/aromatic N) is 3. The molecule has 0 fully saturated rings. The van der Waals surface area contributed by atoms with Gasteiger partial charge in [-0.05, 0) is 26.1 Å². The molecule has 0 aliphatic carbocycles. The van der Waals surface area contributed by atoms with E-state index in [2.05, 4.69) is 28.9 Å². The summed E-state index contributed by atoms with van der Waals surface area (Å²) in [6, 6.07) is 0. The van der Waals surface area contributed by atoms with E-state index in [0.717, 1.165) is 38.3 Å². The quantitative estimate of drug-likeness (QED) is 0.724. The van der Waals surface area contributed by atoms with Crippen molar-refractivity contribution >= 4 is 0 Å². The highest BCUT2D eigenvalue weighted by Gasteiger charge is 2.08. The normalized spacial score (nSPS) is 11.2. The van der Waals surface area contributed by atoms with Crippen molar-refractivity contribution in [1.82, 2.24) is 15.0 Å². The molecule has 0 atom stereocenters. The van der Waals surface area contributed by atoms with Gasteiger partial charge in [-0.1, -0.05) is 19.0 Å². The van der Waals surface area contributed by atoms with E-state index in [0.29, 0.717) is 12.4 Å². The van der Waals surface area contributed by atoms with Crippen molar-refractivity contribution in [2.24, 2.45) is 5.73 Å². The zero-order valence-corrected chi connectivity index (χ0v) is 9.57. The molecule has 0 aromatic carbocycles. The molecule has 1 heterocycles. The molecule has 0 saturated carbocycles. The smallest absolute Gasteiger partial charge is 0.226 e. The summed E-state index contributed by atoms with van der Waals surface area (Å²) in [7, 11) is 0. The molecule has 1 rings (SSSR count). The van der Waals surface area contributed by atoms with Crippen LogP contribution in [0.25, 0.3) is 0 Å². The van der Waals surface area contributed by atoms with Crippen molar-refractivity contribution in [1.29, 1.82) is 0 Å². The lowest BCUT2D eigenvalue weighted by Gasteiger charge is -2.14. The van der Waals surface area contributed by atoms with E-state index in [9.17, 15) is 0 Å². The molecular weight excluding hydrogens is 192 g/mol. The van der Waals surface area contributed by atoms with Gasteiger partial charge in [0.1, 0.15) is 0 Å². The Morgan fingerprint density at radius 2 is 2.07 bits per heavy atom. The van der Waals surface area contributed by atoms with Crippen LogP contribution in [0.15, 0.2) is 4.52 Å². The van der Waals surface area contributed by atoms with E-state index in [1.807, 2.05) is 0 Å². The summed E-state index contributed by atoms with van der Waals surface area (Å²) in [4.78, 5) is 6.56. The summed E-state index contributed by atoms with van der Waals surface area (Å²) in [6.07, 6.45) is 1.68. The van der Waals surface area contributed by atoms with Crippen molar-refractivity contribution in [3.05, 3.63) is 11.7 Å². The fourth-order valence-electron chi connectivity index (χ4n) is 1.36. The number of aryl methyl sites for hydroxylation is 1. The molecule has 0 saturated heterocycles. The average Bonchev–Trinajstić information content (AvgIpc) is 2.70.